The Labute approximate surface area is 148 Å². The van der Waals surface area contributed by atoms with Crippen molar-refractivity contribution < 1.29 is 72.5 Å². The lowest BCUT2D eigenvalue weighted by molar-refractivity contribution is 0.152. The third-order valence-electron chi connectivity index (χ3n) is 1.94. The van der Waals surface area contributed by atoms with Crippen LogP contribution in [0.4, 0.5) is 0 Å². The van der Waals surface area contributed by atoms with Gasteiger partial charge in [-0.05, 0) is 0 Å². The molecule has 16 nitrogen and oxygen atoms in total. The fourth-order valence-corrected chi connectivity index (χ4v) is 8.09. The average molecular weight is 488 g/mol. The summed E-state index contributed by atoms with van der Waals surface area (Å²) >= 11 is 0. The number of phosphoric acid groups is 5. The molecule has 4 unspecified atom stereocenters. The number of rotatable bonds is 13. The van der Waals surface area contributed by atoms with Crippen LogP contribution in [0, 0.1) is 0 Å². The van der Waals surface area contributed by atoms with Gasteiger partial charge in [0, 0.05) is 35.5 Å². The summed E-state index contributed by atoms with van der Waals surface area (Å²) in [4.78, 5) is 18.3. The van der Waals surface area contributed by atoms with E-state index in [4.69, 9.17) is 9.79 Å². The maximum absolute atomic E-state index is 12.3. The molecule has 0 rings (SSSR count). The van der Waals surface area contributed by atoms with Crippen LogP contribution in [-0.2, 0) is 62.7 Å². The molecule has 0 heterocycles. The highest BCUT2D eigenvalue weighted by atomic mass is 31.3. The molecular weight excluding hydrogens is 471 g/mol. The highest BCUT2D eigenvalue weighted by molar-refractivity contribution is 7.72. The minimum atomic E-state index is -5.27. The van der Waals surface area contributed by atoms with Crippen LogP contribution >= 0.6 is 39.1 Å². The van der Waals surface area contributed by atoms with Crippen LogP contribution in [0.2, 0.25) is 0 Å². The zero-order valence-corrected chi connectivity index (χ0v) is 18.3. The molecule has 0 aromatic heterocycles. The second kappa shape index (κ2) is 9.96. The van der Waals surface area contributed by atoms with Crippen molar-refractivity contribution in [1.82, 2.24) is 0 Å². The highest BCUT2D eigenvalue weighted by Crippen LogP contribution is 2.77. The topological polar surface area (TPSA) is 209 Å². The van der Waals surface area contributed by atoms with Gasteiger partial charge in [-0.1, -0.05) is 0 Å². The van der Waals surface area contributed by atoms with Crippen molar-refractivity contribution in [3.63, 3.8) is 0 Å². The number of phosphoric ester groups is 2. The first-order valence-electron chi connectivity index (χ1n) is 5.73. The predicted molar refractivity (Wildman–Crippen MR) is 81.9 cm³/mol. The Bertz CT molecular complexity index is 645. The summed E-state index contributed by atoms with van der Waals surface area (Å²) in [6.45, 7) is 0. The van der Waals surface area contributed by atoms with Crippen molar-refractivity contribution in [2.45, 2.75) is 0 Å². The van der Waals surface area contributed by atoms with Crippen molar-refractivity contribution in [3.8, 4) is 0 Å². The lowest BCUT2D eigenvalue weighted by Gasteiger charge is -2.24. The van der Waals surface area contributed by atoms with Gasteiger partial charge in [-0.2, -0.15) is 17.2 Å². The van der Waals surface area contributed by atoms with Gasteiger partial charge in [0.25, 0.3) is 0 Å². The van der Waals surface area contributed by atoms with Crippen molar-refractivity contribution in [2.24, 2.45) is 0 Å². The van der Waals surface area contributed by atoms with Gasteiger partial charge >= 0.3 is 39.1 Å². The van der Waals surface area contributed by atoms with Crippen molar-refractivity contribution in [3.05, 3.63) is 0 Å². The molecule has 0 bridgehead atoms. The third kappa shape index (κ3) is 8.81. The van der Waals surface area contributed by atoms with Crippen LogP contribution in [0.5, 0.6) is 0 Å². The first-order valence-corrected chi connectivity index (χ1v) is 13.1. The molecule has 0 aliphatic carbocycles. The van der Waals surface area contributed by atoms with E-state index >= 15 is 0 Å². The second-order valence-corrected chi connectivity index (χ2v) is 12.5. The maximum atomic E-state index is 12.3. The molecule has 0 aliphatic rings. The molecule has 0 aromatic rings. The van der Waals surface area contributed by atoms with Gasteiger partial charge in [0.2, 0.25) is 0 Å². The fraction of sp³-hybridized carbons (Fsp3) is 1.00. The Morgan fingerprint density at radius 2 is 0.692 bits per heavy atom. The van der Waals surface area contributed by atoms with E-state index in [0.29, 0.717) is 35.5 Å². The summed E-state index contributed by atoms with van der Waals surface area (Å²) in [7, 11) is -22.3. The largest absolute Gasteiger partial charge is 0.492 e. The molecule has 0 amide bonds. The summed E-state index contributed by atoms with van der Waals surface area (Å²) in [5, 5.41) is 0. The lowest BCUT2D eigenvalue weighted by atomic mass is 11.8. The molecule has 26 heavy (non-hydrogen) atoms. The molecule has 4 atom stereocenters. The van der Waals surface area contributed by atoms with Crippen LogP contribution in [0.25, 0.3) is 0 Å². The van der Waals surface area contributed by atoms with Crippen LogP contribution in [0.15, 0.2) is 0 Å². The van der Waals surface area contributed by atoms with Crippen LogP contribution < -0.4 is 0 Å². The van der Waals surface area contributed by atoms with Crippen LogP contribution in [0.1, 0.15) is 0 Å². The molecule has 0 saturated heterocycles. The number of hydrogen-bond donors (Lipinski definition) is 2. The number of hydrogen-bond acceptors (Lipinski definition) is 14. The monoisotopic (exact) mass is 488 g/mol. The van der Waals surface area contributed by atoms with E-state index in [2.05, 4.69) is 39.9 Å². The molecule has 0 saturated carbocycles. The third-order valence-corrected chi connectivity index (χ3v) is 10.7. The molecule has 0 aliphatic heterocycles. The molecule has 2 N–H and O–H groups in total. The predicted octanol–water partition coefficient (Wildman–Crippen LogP) is 2.81. The van der Waals surface area contributed by atoms with E-state index in [1.165, 1.54) is 0 Å². The highest BCUT2D eigenvalue weighted by Gasteiger charge is 2.50. The quantitative estimate of drug-likeness (QED) is 0.357. The van der Waals surface area contributed by atoms with Gasteiger partial charge in [0.1, 0.15) is 0 Å². The van der Waals surface area contributed by atoms with E-state index in [9.17, 15) is 22.8 Å². The van der Waals surface area contributed by atoms with Gasteiger partial charge in [-0.15, -0.1) is 0 Å². The summed E-state index contributed by atoms with van der Waals surface area (Å²) in [6, 6.07) is 0. The van der Waals surface area contributed by atoms with Crippen LogP contribution in [0.3, 0.4) is 0 Å². The van der Waals surface area contributed by atoms with Crippen molar-refractivity contribution in [2.75, 3.05) is 35.5 Å². The smallest absolute Gasteiger partial charge is 0.302 e. The Kier molecular flexibility index (Phi) is 10.2. The Morgan fingerprint density at radius 1 is 0.462 bits per heavy atom. The molecule has 158 valence electrons. The molecule has 0 aromatic carbocycles. The Hall–Kier alpha value is 0.710. The van der Waals surface area contributed by atoms with E-state index < -0.39 is 39.1 Å². The second-order valence-electron chi connectivity index (χ2n) is 3.52. The molecule has 0 radical (unpaired) electrons. The lowest BCUT2D eigenvalue weighted by Crippen LogP contribution is -2.02. The molecule has 0 fully saturated rings. The molecule has 0 spiro atoms. The van der Waals surface area contributed by atoms with E-state index in [1.54, 1.807) is 0 Å². The average Bonchev–Trinajstić information content (AvgIpc) is 2.53. The maximum Gasteiger partial charge on any atom is 0.492 e. The minimum absolute atomic E-state index is 0.629. The Morgan fingerprint density at radius 3 is 0.885 bits per heavy atom. The fourth-order valence-electron chi connectivity index (χ4n) is 0.809. The van der Waals surface area contributed by atoms with E-state index in [-0.39, 0.29) is 0 Å². The first-order chi connectivity index (χ1) is 11.6. The van der Waals surface area contributed by atoms with Crippen molar-refractivity contribution >= 4 is 39.1 Å². The van der Waals surface area contributed by atoms with E-state index in [1.807, 2.05) is 0 Å². The summed E-state index contributed by atoms with van der Waals surface area (Å²) in [5.74, 6) is 0. The van der Waals surface area contributed by atoms with Gasteiger partial charge < -0.3 is 9.79 Å². The van der Waals surface area contributed by atoms with Crippen molar-refractivity contribution in [1.29, 1.82) is 0 Å². The first kappa shape index (κ1) is 26.7. The zero-order valence-electron chi connectivity index (χ0n) is 13.8. The van der Waals surface area contributed by atoms with E-state index in [0.717, 1.165) is 0 Å². The molecule has 21 heteroatoms. The van der Waals surface area contributed by atoms with Gasteiger partial charge in [0.05, 0.1) is 0 Å². The molecular formula is C5H17O16P5. The van der Waals surface area contributed by atoms with Crippen LogP contribution in [-0.4, -0.2) is 45.3 Å². The summed E-state index contributed by atoms with van der Waals surface area (Å²) in [6.07, 6.45) is 0. The summed E-state index contributed by atoms with van der Waals surface area (Å²) in [5.41, 5.74) is 0. The standard InChI is InChI=1S/C5H17O16P5/c1-13-22(6,7)18-24(10,15-3)20-26(12,17-5)21-25(11,16-4)19-23(8,9)14-2/h1-5H3,(H,6,7)(H,8,9). The van der Waals surface area contributed by atoms with Gasteiger partial charge in [-0.25, -0.2) is 22.8 Å². The van der Waals surface area contributed by atoms with Gasteiger partial charge in [0.15, 0.2) is 0 Å². The SMILES string of the molecule is COP(=O)(O)OP(=O)(OC)OP(=O)(OC)OP(=O)(OC)OP(=O)(O)OC. The zero-order chi connectivity index (χ0) is 20.9. The van der Waals surface area contributed by atoms with Gasteiger partial charge in [-0.3, -0.25) is 22.6 Å². The normalized spacial score (nSPS) is 23.8. The minimum Gasteiger partial charge on any atom is -0.302 e. The summed E-state index contributed by atoms with van der Waals surface area (Å²) < 4.78 is 96.5. The Balaban J connectivity index is 5.66.